The summed E-state index contributed by atoms with van der Waals surface area (Å²) in [5.74, 6) is 0.685. The second-order valence-electron chi connectivity index (χ2n) is 8.68. The largest absolute Gasteiger partial charge is 0.493 e. The van der Waals surface area contributed by atoms with Crippen molar-refractivity contribution in [2.45, 2.75) is 34.6 Å². The van der Waals surface area contributed by atoms with E-state index in [0.717, 1.165) is 11.3 Å². The van der Waals surface area contributed by atoms with Gasteiger partial charge in [-0.15, -0.1) is 0 Å². The highest BCUT2D eigenvalue weighted by Gasteiger charge is 2.39. The number of benzene rings is 2. The molecule has 0 bridgehead atoms. The number of amides is 2. The normalized spacial score (nSPS) is 14.3. The maximum Gasteiger partial charge on any atom is 0.278 e. The van der Waals surface area contributed by atoms with Crippen LogP contribution in [0.2, 0.25) is 5.02 Å². The summed E-state index contributed by atoms with van der Waals surface area (Å²) in [5.41, 5.74) is 2.93. The van der Waals surface area contributed by atoms with Crippen LogP contribution in [0.25, 0.3) is 5.57 Å². The number of carbonyl (C=O) groups excluding carboxylic acids is 2. The molecule has 164 valence electrons. The van der Waals surface area contributed by atoms with E-state index in [0.29, 0.717) is 40.9 Å². The van der Waals surface area contributed by atoms with Gasteiger partial charge in [0.05, 0.1) is 12.2 Å². The minimum absolute atomic E-state index is 0.160. The number of aryl methyl sites for hydroxylation is 1. The summed E-state index contributed by atoms with van der Waals surface area (Å²) >= 11 is 6.16. The molecule has 1 N–H and O–H groups in total. The average Bonchev–Trinajstić information content (AvgIpc) is 2.93. The van der Waals surface area contributed by atoms with E-state index in [-0.39, 0.29) is 23.4 Å². The molecule has 31 heavy (non-hydrogen) atoms. The molecule has 5 nitrogen and oxygen atoms in total. The number of hydrogen-bond donors (Lipinski definition) is 1. The van der Waals surface area contributed by atoms with Gasteiger partial charge in [-0.2, -0.15) is 0 Å². The maximum atomic E-state index is 13.3. The summed E-state index contributed by atoms with van der Waals surface area (Å²) < 4.78 is 5.75. The molecule has 0 saturated heterocycles. The lowest BCUT2D eigenvalue weighted by Gasteiger charge is -2.17. The summed E-state index contributed by atoms with van der Waals surface area (Å²) in [6.07, 6.45) is 0. The number of nitrogens with one attached hydrogen (secondary N) is 1. The zero-order valence-electron chi connectivity index (χ0n) is 18.7. The van der Waals surface area contributed by atoms with E-state index >= 15 is 0 Å². The smallest absolute Gasteiger partial charge is 0.278 e. The fourth-order valence-electron chi connectivity index (χ4n) is 3.34. The van der Waals surface area contributed by atoms with E-state index < -0.39 is 0 Å². The van der Waals surface area contributed by atoms with Crippen molar-refractivity contribution < 1.29 is 14.3 Å². The third-order valence-corrected chi connectivity index (χ3v) is 5.14. The Morgan fingerprint density at radius 1 is 0.968 bits per heavy atom. The first-order chi connectivity index (χ1) is 14.7. The molecule has 2 aromatic rings. The monoisotopic (exact) mass is 440 g/mol. The lowest BCUT2D eigenvalue weighted by molar-refractivity contribution is -0.137. The number of carbonyl (C=O) groups is 2. The minimum Gasteiger partial charge on any atom is -0.493 e. The van der Waals surface area contributed by atoms with Crippen LogP contribution >= 0.6 is 11.6 Å². The molecule has 0 radical (unpaired) electrons. The van der Waals surface area contributed by atoms with Gasteiger partial charge in [-0.1, -0.05) is 57.5 Å². The molecule has 0 atom stereocenters. The van der Waals surface area contributed by atoms with Crippen molar-refractivity contribution >= 4 is 34.7 Å². The number of imide groups is 1. The Morgan fingerprint density at radius 2 is 1.65 bits per heavy atom. The highest BCUT2D eigenvalue weighted by atomic mass is 35.5. The van der Waals surface area contributed by atoms with Gasteiger partial charge in [0, 0.05) is 17.3 Å². The first kappa shape index (κ1) is 22.9. The lowest BCUT2D eigenvalue weighted by atomic mass is 10.0. The molecular weight excluding hydrogens is 412 g/mol. The predicted molar refractivity (Wildman–Crippen MR) is 125 cm³/mol. The number of hydrogen-bond acceptors (Lipinski definition) is 4. The van der Waals surface area contributed by atoms with E-state index in [4.69, 9.17) is 16.3 Å². The maximum absolute atomic E-state index is 13.3. The quantitative estimate of drug-likeness (QED) is 0.548. The Balaban J connectivity index is 2.00. The molecule has 1 heterocycles. The van der Waals surface area contributed by atoms with Gasteiger partial charge in [-0.3, -0.25) is 14.5 Å². The fraction of sp³-hybridized carbons (Fsp3) is 0.360. The van der Waals surface area contributed by atoms with Gasteiger partial charge in [-0.05, 0) is 54.2 Å². The van der Waals surface area contributed by atoms with Crippen molar-refractivity contribution in [2.75, 3.05) is 18.5 Å². The Labute approximate surface area is 189 Å². The molecule has 0 unspecified atom stereocenters. The zero-order chi connectivity index (χ0) is 22.7. The topological polar surface area (TPSA) is 58.6 Å². The second-order valence-corrected chi connectivity index (χ2v) is 9.11. The van der Waals surface area contributed by atoms with Crippen LogP contribution in [0, 0.1) is 18.8 Å². The van der Waals surface area contributed by atoms with E-state index in [9.17, 15) is 9.59 Å². The van der Waals surface area contributed by atoms with Crippen molar-refractivity contribution in [3.63, 3.8) is 0 Å². The number of halogens is 1. The van der Waals surface area contributed by atoms with Crippen LogP contribution < -0.4 is 10.1 Å². The Hall–Kier alpha value is -2.79. The van der Waals surface area contributed by atoms with Crippen LogP contribution in [-0.2, 0) is 9.59 Å². The van der Waals surface area contributed by atoms with E-state index in [1.807, 2.05) is 51.1 Å². The molecule has 1 aliphatic heterocycles. The SMILES string of the molecule is Cc1ccc(Cl)cc1NC1=C(c2ccc(OCC(C)C)cc2)C(=O)N(CC(C)C)C1=O. The number of anilines is 1. The molecule has 0 aromatic heterocycles. The van der Waals surface area contributed by atoms with Gasteiger partial charge < -0.3 is 10.1 Å². The zero-order valence-corrected chi connectivity index (χ0v) is 19.4. The standard InChI is InChI=1S/C25H29ClN2O3/c1-15(2)13-28-24(29)22(18-7-10-20(11-8-18)31-14-16(3)4)23(25(28)30)27-21-12-19(26)9-6-17(21)5/h6-12,15-16,27H,13-14H2,1-5H3. The molecule has 0 saturated carbocycles. The van der Waals surface area contributed by atoms with Crippen molar-refractivity contribution in [1.29, 1.82) is 0 Å². The van der Waals surface area contributed by atoms with Crippen LogP contribution in [0.3, 0.4) is 0 Å². The van der Waals surface area contributed by atoms with Crippen LogP contribution in [0.5, 0.6) is 5.75 Å². The van der Waals surface area contributed by atoms with Crippen LogP contribution in [0.1, 0.15) is 38.8 Å². The molecule has 0 spiro atoms. The molecule has 0 aliphatic carbocycles. The molecule has 6 heteroatoms. The van der Waals surface area contributed by atoms with Gasteiger partial charge in [0.15, 0.2) is 0 Å². The third kappa shape index (κ3) is 5.28. The lowest BCUT2D eigenvalue weighted by Crippen LogP contribution is -2.35. The van der Waals surface area contributed by atoms with Gasteiger partial charge in [0.2, 0.25) is 0 Å². The van der Waals surface area contributed by atoms with Crippen LogP contribution in [0.15, 0.2) is 48.2 Å². The Morgan fingerprint density at radius 3 is 2.26 bits per heavy atom. The van der Waals surface area contributed by atoms with Gasteiger partial charge in [0.1, 0.15) is 11.4 Å². The van der Waals surface area contributed by atoms with Gasteiger partial charge >= 0.3 is 0 Å². The third-order valence-electron chi connectivity index (χ3n) is 4.90. The molecule has 2 amide bonds. The summed E-state index contributed by atoms with van der Waals surface area (Å²) in [6, 6.07) is 12.7. The van der Waals surface area contributed by atoms with E-state index in [1.165, 1.54) is 4.90 Å². The minimum atomic E-state index is -0.326. The van der Waals surface area contributed by atoms with Gasteiger partial charge in [-0.25, -0.2) is 0 Å². The number of rotatable bonds is 8. The molecular formula is C25H29ClN2O3. The summed E-state index contributed by atoms with van der Waals surface area (Å²) in [5, 5.41) is 3.74. The number of ether oxygens (including phenoxy) is 1. The molecule has 3 rings (SSSR count). The van der Waals surface area contributed by atoms with Crippen molar-refractivity contribution in [3.05, 3.63) is 64.3 Å². The Bertz CT molecular complexity index is 1010. The molecule has 0 fully saturated rings. The molecule has 1 aliphatic rings. The predicted octanol–water partition coefficient (Wildman–Crippen LogP) is 5.53. The average molecular weight is 441 g/mol. The highest BCUT2D eigenvalue weighted by Crippen LogP contribution is 2.33. The second kappa shape index (κ2) is 9.56. The molecule has 2 aromatic carbocycles. The first-order valence-electron chi connectivity index (χ1n) is 10.5. The van der Waals surface area contributed by atoms with Crippen molar-refractivity contribution in [2.24, 2.45) is 11.8 Å². The van der Waals surface area contributed by atoms with Crippen LogP contribution in [0.4, 0.5) is 5.69 Å². The number of nitrogens with zero attached hydrogens (tertiary/aromatic N) is 1. The summed E-state index contributed by atoms with van der Waals surface area (Å²) in [6.45, 7) is 11.0. The van der Waals surface area contributed by atoms with Crippen molar-refractivity contribution in [1.82, 2.24) is 4.90 Å². The first-order valence-corrected chi connectivity index (χ1v) is 10.9. The van der Waals surface area contributed by atoms with Crippen LogP contribution in [-0.4, -0.2) is 29.9 Å². The van der Waals surface area contributed by atoms with E-state index in [2.05, 4.69) is 19.2 Å². The Kier molecular flexibility index (Phi) is 7.06. The van der Waals surface area contributed by atoms with Gasteiger partial charge in [0.25, 0.3) is 11.8 Å². The highest BCUT2D eigenvalue weighted by molar-refractivity contribution is 6.36. The summed E-state index contributed by atoms with van der Waals surface area (Å²) in [7, 11) is 0. The van der Waals surface area contributed by atoms with Crippen molar-refractivity contribution in [3.8, 4) is 5.75 Å². The summed E-state index contributed by atoms with van der Waals surface area (Å²) in [4.78, 5) is 27.8. The fourth-order valence-corrected chi connectivity index (χ4v) is 3.51. The van der Waals surface area contributed by atoms with E-state index in [1.54, 1.807) is 12.1 Å².